The van der Waals surface area contributed by atoms with Gasteiger partial charge in [0.25, 0.3) is 0 Å². The molecule has 23 heavy (non-hydrogen) atoms. The molecule has 0 radical (unpaired) electrons. The molecule has 0 spiro atoms. The average molecular weight is 436 g/mol. The minimum atomic E-state index is -0.256. The van der Waals surface area contributed by atoms with E-state index in [2.05, 4.69) is 20.9 Å². The van der Waals surface area contributed by atoms with Gasteiger partial charge < -0.3 is 16.0 Å². The zero-order chi connectivity index (χ0) is 16.4. The number of carbonyl (C=O) groups is 1. The van der Waals surface area contributed by atoms with Crippen LogP contribution in [0.5, 0.6) is 0 Å². The molecule has 130 valence electrons. The molecule has 0 saturated carbocycles. The third-order valence-electron chi connectivity index (χ3n) is 2.77. The highest BCUT2D eigenvalue weighted by molar-refractivity contribution is 14.0. The van der Waals surface area contributed by atoms with Gasteiger partial charge in [-0.25, -0.2) is 9.38 Å². The molecule has 7 heteroatoms. The van der Waals surface area contributed by atoms with Crippen LogP contribution in [0.1, 0.15) is 32.8 Å². The maximum atomic E-state index is 12.8. The molecule has 0 unspecified atom stereocenters. The molecule has 0 aromatic heterocycles. The molecule has 0 heterocycles. The molecule has 0 saturated heterocycles. The van der Waals surface area contributed by atoms with Crippen molar-refractivity contribution in [1.29, 1.82) is 0 Å². The first kappa shape index (κ1) is 21.6. The standard InChI is InChI=1S/C16H25FN4O.HI/c1-4-18-16(19-10-9-15(22)21-12(2)3)20-11-13-5-7-14(17)8-6-13;/h5-8,12H,4,9-11H2,1-3H3,(H,21,22)(H2,18,19,20);1H. The molecular weight excluding hydrogens is 410 g/mol. The van der Waals surface area contributed by atoms with E-state index in [9.17, 15) is 9.18 Å². The monoisotopic (exact) mass is 436 g/mol. The molecule has 1 amide bonds. The largest absolute Gasteiger partial charge is 0.357 e. The highest BCUT2D eigenvalue weighted by Crippen LogP contribution is 2.03. The number of nitrogens with zero attached hydrogens (tertiary/aromatic N) is 1. The van der Waals surface area contributed by atoms with Crippen molar-refractivity contribution in [3.63, 3.8) is 0 Å². The summed E-state index contributed by atoms with van der Waals surface area (Å²) in [6.45, 7) is 7.52. The van der Waals surface area contributed by atoms with E-state index in [4.69, 9.17) is 0 Å². The highest BCUT2D eigenvalue weighted by Gasteiger charge is 2.04. The van der Waals surface area contributed by atoms with E-state index in [1.165, 1.54) is 12.1 Å². The quantitative estimate of drug-likeness (QED) is 0.350. The Kier molecular flexibility index (Phi) is 11.4. The Hall–Kier alpha value is -1.38. The summed E-state index contributed by atoms with van der Waals surface area (Å²) in [5.74, 6) is 0.398. The smallest absolute Gasteiger partial charge is 0.221 e. The van der Waals surface area contributed by atoms with Gasteiger partial charge in [0, 0.05) is 25.6 Å². The number of hydrogen-bond donors (Lipinski definition) is 3. The van der Waals surface area contributed by atoms with Crippen LogP contribution in [0.15, 0.2) is 29.3 Å². The molecule has 0 aliphatic rings. The molecule has 1 rings (SSSR count). The van der Waals surface area contributed by atoms with E-state index in [0.717, 1.165) is 12.1 Å². The van der Waals surface area contributed by atoms with Crippen LogP contribution in [0.4, 0.5) is 4.39 Å². The molecule has 1 aromatic carbocycles. The third kappa shape index (κ3) is 10.1. The van der Waals surface area contributed by atoms with Gasteiger partial charge in [-0.05, 0) is 38.5 Å². The average Bonchev–Trinajstić information content (AvgIpc) is 2.45. The zero-order valence-electron chi connectivity index (χ0n) is 13.9. The number of aliphatic imine (C=N–C) groups is 1. The van der Waals surface area contributed by atoms with Crippen molar-refractivity contribution >= 4 is 35.8 Å². The first-order valence-corrected chi connectivity index (χ1v) is 7.57. The van der Waals surface area contributed by atoms with Gasteiger partial charge in [-0.1, -0.05) is 12.1 Å². The van der Waals surface area contributed by atoms with Gasteiger partial charge in [0.1, 0.15) is 5.82 Å². The molecule has 5 nitrogen and oxygen atoms in total. The molecule has 0 aliphatic heterocycles. The van der Waals surface area contributed by atoms with Crippen molar-refractivity contribution in [3.05, 3.63) is 35.6 Å². The van der Waals surface area contributed by atoms with Crippen LogP contribution in [-0.4, -0.2) is 31.0 Å². The second-order valence-electron chi connectivity index (χ2n) is 5.22. The Balaban J connectivity index is 0.00000484. The maximum Gasteiger partial charge on any atom is 0.221 e. The molecule has 1 aromatic rings. The third-order valence-corrected chi connectivity index (χ3v) is 2.77. The summed E-state index contributed by atoms with van der Waals surface area (Å²) >= 11 is 0. The Morgan fingerprint density at radius 1 is 1.22 bits per heavy atom. The molecule has 3 N–H and O–H groups in total. The van der Waals surface area contributed by atoms with Gasteiger partial charge in [-0.2, -0.15) is 0 Å². The number of nitrogens with one attached hydrogen (secondary N) is 3. The minimum absolute atomic E-state index is 0. The predicted octanol–water partition coefficient (Wildman–Crippen LogP) is 2.41. The van der Waals surface area contributed by atoms with Crippen LogP contribution >= 0.6 is 24.0 Å². The van der Waals surface area contributed by atoms with Crippen molar-refractivity contribution in [2.24, 2.45) is 4.99 Å². The Bertz CT molecular complexity index is 491. The lowest BCUT2D eigenvalue weighted by molar-refractivity contribution is -0.121. The van der Waals surface area contributed by atoms with Gasteiger partial charge in [-0.15, -0.1) is 24.0 Å². The van der Waals surface area contributed by atoms with E-state index in [1.54, 1.807) is 12.1 Å². The van der Waals surface area contributed by atoms with Crippen molar-refractivity contribution in [3.8, 4) is 0 Å². The first-order chi connectivity index (χ1) is 10.5. The van der Waals surface area contributed by atoms with Crippen LogP contribution in [0, 0.1) is 5.82 Å². The number of benzene rings is 1. The Labute approximate surface area is 154 Å². The molecule has 0 atom stereocenters. The van der Waals surface area contributed by atoms with E-state index in [1.807, 2.05) is 20.8 Å². The van der Waals surface area contributed by atoms with E-state index >= 15 is 0 Å². The van der Waals surface area contributed by atoms with Crippen molar-refractivity contribution in [2.45, 2.75) is 39.8 Å². The van der Waals surface area contributed by atoms with Gasteiger partial charge in [0.2, 0.25) is 5.91 Å². The molecule has 0 aliphatic carbocycles. The summed E-state index contributed by atoms with van der Waals surface area (Å²) in [5, 5.41) is 9.06. The highest BCUT2D eigenvalue weighted by atomic mass is 127. The van der Waals surface area contributed by atoms with Gasteiger partial charge in [-0.3, -0.25) is 4.79 Å². The number of carbonyl (C=O) groups excluding carboxylic acids is 1. The predicted molar refractivity (Wildman–Crippen MR) is 103 cm³/mol. The lowest BCUT2D eigenvalue weighted by Crippen LogP contribution is -2.40. The Morgan fingerprint density at radius 3 is 2.43 bits per heavy atom. The summed E-state index contributed by atoms with van der Waals surface area (Å²) in [7, 11) is 0. The maximum absolute atomic E-state index is 12.8. The fourth-order valence-corrected chi connectivity index (χ4v) is 1.79. The van der Waals surface area contributed by atoms with Crippen LogP contribution in [0.25, 0.3) is 0 Å². The molecular formula is C16H26FIN4O. The van der Waals surface area contributed by atoms with Crippen molar-refractivity contribution in [1.82, 2.24) is 16.0 Å². The number of amides is 1. The van der Waals surface area contributed by atoms with Crippen LogP contribution in [0.3, 0.4) is 0 Å². The first-order valence-electron chi connectivity index (χ1n) is 7.57. The van der Waals surface area contributed by atoms with Gasteiger partial charge in [0.15, 0.2) is 5.96 Å². The number of rotatable bonds is 7. The second kappa shape index (κ2) is 12.1. The topological polar surface area (TPSA) is 65.5 Å². The lowest BCUT2D eigenvalue weighted by Gasteiger charge is -2.12. The normalized spacial score (nSPS) is 10.9. The van der Waals surface area contributed by atoms with Crippen molar-refractivity contribution in [2.75, 3.05) is 13.1 Å². The van der Waals surface area contributed by atoms with Gasteiger partial charge in [0.05, 0.1) is 6.54 Å². The zero-order valence-corrected chi connectivity index (χ0v) is 16.2. The summed E-state index contributed by atoms with van der Waals surface area (Å²) in [6.07, 6.45) is 0.388. The second-order valence-corrected chi connectivity index (χ2v) is 5.22. The van der Waals surface area contributed by atoms with Crippen LogP contribution < -0.4 is 16.0 Å². The number of hydrogen-bond acceptors (Lipinski definition) is 2. The van der Waals surface area contributed by atoms with Crippen LogP contribution in [0.2, 0.25) is 0 Å². The minimum Gasteiger partial charge on any atom is -0.357 e. The van der Waals surface area contributed by atoms with E-state index < -0.39 is 0 Å². The summed E-state index contributed by atoms with van der Waals surface area (Å²) in [5.41, 5.74) is 0.927. The van der Waals surface area contributed by atoms with E-state index in [-0.39, 0.29) is 41.7 Å². The number of guanidine groups is 1. The summed E-state index contributed by atoms with van der Waals surface area (Å²) in [6, 6.07) is 6.40. The van der Waals surface area contributed by atoms with Crippen molar-refractivity contribution < 1.29 is 9.18 Å². The number of halogens is 2. The summed E-state index contributed by atoms with van der Waals surface area (Å²) < 4.78 is 12.8. The molecule has 0 bridgehead atoms. The van der Waals surface area contributed by atoms with E-state index in [0.29, 0.717) is 25.5 Å². The van der Waals surface area contributed by atoms with Gasteiger partial charge >= 0.3 is 0 Å². The summed E-state index contributed by atoms with van der Waals surface area (Å²) in [4.78, 5) is 16.0. The fourth-order valence-electron chi connectivity index (χ4n) is 1.79. The SMILES string of the molecule is CCNC(=NCc1ccc(F)cc1)NCCC(=O)NC(C)C.I. The Morgan fingerprint density at radius 2 is 1.87 bits per heavy atom. The lowest BCUT2D eigenvalue weighted by atomic mass is 10.2. The van der Waals surface area contributed by atoms with Crippen LogP contribution in [-0.2, 0) is 11.3 Å². The molecule has 0 fully saturated rings. The fraction of sp³-hybridized carbons (Fsp3) is 0.500.